The minimum Gasteiger partial charge on any atom is -0.459 e. The predicted octanol–water partition coefficient (Wildman–Crippen LogP) is 3.13. The number of halogens is 1. The van der Waals surface area contributed by atoms with Crippen LogP contribution in [-0.2, 0) is 7.05 Å². The van der Waals surface area contributed by atoms with Gasteiger partial charge >= 0.3 is 0 Å². The summed E-state index contributed by atoms with van der Waals surface area (Å²) >= 11 is 6.20. The molecule has 0 radical (unpaired) electrons. The van der Waals surface area contributed by atoms with E-state index in [-0.39, 0.29) is 6.04 Å². The highest BCUT2D eigenvalue weighted by Gasteiger charge is 2.22. The Morgan fingerprint density at radius 3 is 2.79 bits per heavy atom. The smallest absolute Gasteiger partial charge is 0.134 e. The van der Waals surface area contributed by atoms with Gasteiger partial charge in [0.15, 0.2) is 0 Å². The van der Waals surface area contributed by atoms with Crippen molar-refractivity contribution in [3.63, 3.8) is 0 Å². The Morgan fingerprint density at radius 1 is 1.37 bits per heavy atom. The Balaban J connectivity index is 2.12. The molecule has 2 heterocycles. The Bertz CT molecular complexity index is 664. The van der Waals surface area contributed by atoms with Crippen LogP contribution < -0.4 is 5.32 Å². The maximum absolute atomic E-state index is 6.20. The zero-order valence-electron chi connectivity index (χ0n) is 10.7. The van der Waals surface area contributed by atoms with E-state index < -0.39 is 0 Å². The topological polar surface area (TPSA) is 43.0 Å². The summed E-state index contributed by atoms with van der Waals surface area (Å²) in [5, 5.41) is 9.10. The molecule has 0 fully saturated rings. The van der Waals surface area contributed by atoms with Crippen LogP contribution in [-0.4, -0.2) is 16.8 Å². The lowest BCUT2D eigenvalue weighted by Gasteiger charge is -2.14. The number of aryl methyl sites for hydroxylation is 1. The van der Waals surface area contributed by atoms with Gasteiger partial charge in [-0.25, -0.2) is 0 Å². The third kappa shape index (κ3) is 2.03. The molecule has 0 bridgehead atoms. The van der Waals surface area contributed by atoms with Gasteiger partial charge in [0.1, 0.15) is 17.4 Å². The molecule has 3 aromatic rings. The van der Waals surface area contributed by atoms with Crippen molar-refractivity contribution in [1.82, 2.24) is 15.1 Å². The molecule has 0 saturated carbocycles. The number of para-hydroxylation sites is 1. The first kappa shape index (κ1) is 12.3. The number of rotatable bonds is 3. The molecular formula is C14H14ClN3O. The fraction of sp³-hybridized carbons (Fsp3) is 0.214. The Morgan fingerprint density at radius 2 is 2.16 bits per heavy atom. The standard InChI is InChI=1S/C14H14ClN3O/c1-16-13(14-10(15)8-17-18(14)2)12-7-9-5-3-4-6-11(9)19-12/h3-8,13,16H,1-2H3. The fourth-order valence-corrected chi connectivity index (χ4v) is 2.58. The van der Waals surface area contributed by atoms with Gasteiger partial charge < -0.3 is 9.73 Å². The molecule has 2 aromatic heterocycles. The van der Waals surface area contributed by atoms with Crippen LogP contribution in [0.4, 0.5) is 0 Å². The normalized spacial score (nSPS) is 13.0. The highest BCUT2D eigenvalue weighted by atomic mass is 35.5. The molecule has 4 nitrogen and oxygen atoms in total. The second-order valence-electron chi connectivity index (χ2n) is 4.41. The lowest BCUT2D eigenvalue weighted by atomic mass is 10.1. The molecule has 1 atom stereocenters. The van der Waals surface area contributed by atoms with Crippen molar-refractivity contribution >= 4 is 22.6 Å². The highest BCUT2D eigenvalue weighted by Crippen LogP contribution is 2.31. The van der Waals surface area contributed by atoms with Gasteiger partial charge in [0, 0.05) is 12.4 Å². The van der Waals surface area contributed by atoms with E-state index in [1.807, 2.05) is 44.4 Å². The molecule has 3 rings (SSSR count). The first-order chi connectivity index (χ1) is 9.20. The molecule has 1 aromatic carbocycles. The molecule has 1 N–H and O–H groups in total. The van der Waals surface area contributed by atoms with E-state index in [4.69, 9.17) is 16.0 Å². The Labute approximate surface area is 116 Å². The summed E-state index contributed by atoms with van der Waals surface area (Å²) in [5.74, 6) is 0.828. The lowest BCUT2D eigenvalue weighted by molar-refractivity contribution is 0.473. The number of hydrogen-bond donors (Lipinski definition) is 1. The zero-order valence-corrected chi connectivity index (χ0v) is 11.5. The summed E-state index contributed by atoms with van der Waals surface area (Å²) in [5.41, 5.74) is 1.76. The van der Waals surface area contributed by atoms with Gasteiger partial charge in [-0.2, -0.15) is 5.10 Å². The SMILES string of the molecule is CNC(c1cc2ccccc2o1)c1c(Cl)cnn1C. The summed E-state index contributed by atoms with van der Waals surface area (Å²) in [7, 11) is 3.75. The third-order valence-corrected chi connectivity index (χ3v) is 3.52. The summed E-state index contributed by atoms with van der Waals surface area (Å²) < 4.78 is 7.65. The van der Waals surface area contributed by atoms with E-state index in [1.165, 1.54) is 0 Å². The van der Waals surface area contributed by atoms with Crippen LogP contribution in [0.1, 0.15) is 17.5 Å². The maximum atomic E-state index is 6.20. The average Bonchev–Trinajstić information content (AvgIpc) is 2.97. The van der Waals surface area contributed by atoms with E-state index >= 15 is 0 Å². The number of fused-ring (bicyclic) bond motifs is 1. The van der Waals surface area contributed by atoms with Crippen molar-refractivity contribution in [2.24, 2.45) is 7.05 Å². The van der Waals surface area contributed by atoms with Gasteiger partial charge in [-0.1, -0.05) is 29.8 Å². The quantitative estimate of drug-likeness (QED) is 0.799. The van der Waals surface area contributed by atoms with Crippen LogP contribution in [0.2, 0.25) is 5.02 Å². The van der Waals surface area contributed by atoms with Crippen LogP contribution in [0, 0.1) is 0 Å². The summed E-state index contributed by atoms with van der Waals surface area (Å²) in [6, 6.07) is 9.84. The van der Waals surface area contributed by atoms with Crippen LogP contribution in [0.25, 0.3) is 11.0 Å². The first-order valence-electron chi connectivity index (χ1n) is 6.04. The second kappa shape index (κ2) is 4.72. The average molecular weight is 276 g/mol. The molecule has 0 aliphatic heterocycles. The molecule has 98 valence electrons. The Kier molecular flexibility index (Phi) is 3.05. The van der Waals surface area contributed by atoms with Crippen molar-refractivity contribution < 1.29 is 4.42 Å². The van der Waals surface area contributed by atoms with Crippen molar-refractivity contribution in [3.05, 3.63) is 53.0 Å². The molecule has 5 heteroatoms. The third-order valence-electron chi connectivity index (χ3n) is 3.23. The largest absolute Gasteiger partial charge is 0.459 e. The molecule has 0 spiro atoms. The number of hydrogen-bond acceptors (Lipinski definition) is 3. The van der Waals surface area contributed by atoms with E-state index in [9.17, 15) is 0 Å². The lowest BCUT2D eigenvalue weighted by Crippen LogP contribution is -2.20. The van der Waals surface area contributed by atoms with E-state index in [2.05, 4.69) is 10.4 Å². The van der Waals surface area contributed by atoms with Gasteiger partial charge in [0.25, 0.3) is 0 Å². The van der Waals surface area contributed by atoms with Gasteiger partial charge in [0.05, 0.1) is 16.9 Å². The van der Waals surface area contributed by atoms with Crippen LogP contribution >= 0.6 is 11.6 Å². The zero-order chi connectivity index (χ0) is 13.4. The van der Waals surface area contributed by atoms with Crippen LogP contribution in [0.15, 0.2) is 40.9 Å². The van der Waals surface area contributed by atoms with Crippen molar-refractivity contribution in [2.75, 3.05) is 7.05 Å². The van der Waals surface area contributed by atoms with Crippen molar-refractivity contribution in [3.8, 4) is 0 Å². The van der Waals surface area contributed by atoms with Gasteiger partial charge in [-0.15, -0.1) is 0 Å². The Hall–Kier alpha value is -1.78. The number of nitrogens with zero attached hydrogens (tertiary/aromatic N) is 2. The van der Waals surface area contributed by atoms with Crippen LogP contribution in [0.3, 0.4) is 0 Å². The van der Waals surface area contributed by atoms with Gasteiger partial charge in [-0.3, -0.25) is 4.68 Å². The fourth-order valence-electron chi connectivity index (χ4n) is 2.30. The monoisotopic (exact) mass is 275 g/mol. The number of furan rings is 1. The first-order valence-corrected chi connectivity index (χ1v) is 6.41. The van der Waals surface area contributed by atoms with Gasteiger partial charge in [0.2, 0.25) is 0 Å². The molecule has 19 heavy (non-hydrogen) atoms. The second-order valence-corrected chi connectivity index (χ2v) is 4.82. The minimum atomic E-state index is -0.118. The molecule has 0 aliphatic rings. The molecule has 0 saturated heterocycles. The van der Waals surface area contributed by atoms with E-state index in [0.29, 0.717) is 5.02 Å². The minimum absolute atomic E-state index is 0.118. The van der Waals surface area contributed by atoms with E-state index in [1.54, 1.807) is 10.9 Å². The summed E-state index contributed by atoms with van der Waals surface area (Å²) in [6.45, 7) is 0. The highest BCUT2D eigenvalue weighted by molar-refractivity contribution is 6.31. The summed E-state index contributed by atoms with van der Waals surface area (Å²) in [6.07, 6.45) is 1.64. The number of benzene rings is 1. The van der Waals surface area contributed by atoms with Crippen LogP contribution in [0.5, 0.6) is 0 Å². The van der Waals surface area contributed by atoms with Crippen molar-refractivity contribution in [2.45, 2.75) is 6.04 Å². The summed E-state index contributed by atoms with van der Waals surface area (Å²) in [4.78, 5) is 0. The van der Waals surface area contributed by atoms with Crippen molar-refractivity contribution in [1.29, 1.82) is 0 Å². The van der Waals surface area contributed by atoms with E-state index in [0.717, 1.165) is 22.4 Å². The molecule has 1 unspecified atom stereocenters. The molecule has 0 amide bonds. The number of nitrogens with one attached hydrogen (secondary N) is 1. The molecule has 0 aliphatic carbocycles. The number of aromatic nitrogens is 2. The van der Waals surface area contributed by atoms with Gasteiger partial charge in [-0.05, 0) is 19.2 Å². The predicted molar refractivity (Wildman–Crippen MR) is 75.3 cm³/mol. The maximum Gasteiger partial charge on any atom is 0.134 e. The molecular weight excluding hydrogens is 262 g/mol.